The maximum Gasteiger partial charge on any atom is 0.275 e. The highest BCUT2D eigenvalue weighted by molar-refractivity contribution is 6.01. The number of benzene rings is 3. The van der Waals surface area contributed by atoms with Gasteiger partial charge in [-0.1, -0.05) is 24.3 Å². The summed E-state index contributed by atoms with van der Waals surface area (Å²) in [5.74, 6) is 0.212. The lowest BCUT2D eigenvalue weighted by Gasteiger charge is -2.08. The first kappa shape index (κ1) is 18.3. The van der Waals surface area contributed by atoms with Gasteiger partial charge in [-0.25, -0.2) is 5.43 Å². The zero-order valence-corrected chi connectivity index (χ0v) is 15.7. The van der Waals surface area contributed by atoms with E-state index in [4.69, 9.17) is 4.74 Å². The van der Waals surface area contributed by atoms with Crippen molar-refractivity contribution < 1.29 is 14.6 Å². The normalized spacial score (nSPS) is 11.1. The molecule has 6 heteroatoms. The average molecular weight is 385 g/mol. The largest absolute Gasteiger partial charge is 0.507 e. The molecule has 3 aromatic carbocycles. The van der Waals surface area contributed by atoms with Gasteiger partial charge in [0.25, 0.3) is 5.91 Å². The number of amides is 1. The standard InChI is InChI=1S/C23H19N3O3/c1-29-20-10-8-18(9-11-20)26-12-4-7-19(26)15-24-25-23(28)21-13-16-5-2-3-6-17(16)14-22(21)27/h2-15,27H,1H3,(H,25,28). The van der Waals surface area contributed by atoms with Crippen molar-refractivity contribution in [1.82, 2.24) is 9.99 Å². The first-order valence-electron chi connectivity index (χ1n) is 9.02. The maximum atomic E-state index is 12.5. The number of fused-ring (bicyclic) bond motifs is 1. The summed E-state index contributed by atoms with van der Waals surface area (Å²) in [7, 11) is 1.62. The average Bonchev–Trinajstić information content (AvgIpc) is 3.21. The lowest BCUT2D eigenvalue weighted by molar-refractivity contribution is 0.0952. The van der Waals surface area contributed by atoms with E-state index < -0.39 is 5.91 Å². The Hall–Kier alpha value is -4.06. The monoisotopic (exact) mass is 385 g/mol. The van der Waals surface area contributed by atoms with Crippen LogP contribution in [0.1, 0.15) is 16.1 Å². The van der Waals surface area contributed by atoms with Gasteiger partial charge in [0.15, 0.2) is 0 Å². The number of rotatable bonds is 5. The molecule has 4 rings (SSSR count). The number of phenolic OH excluding ortho intramolecular Hbond substituents is 1. The minimum atomic E-state index is -0.480. The summed E-state index contributed by atoms with van der Waals surface area (Å²) in [6, 6.07) is 22.1. The number of methoxy groups -OCH3 is 1. The summed E-state index contributed by atoms with van der Waals surface area (Å²) in [6.45, 7) is 0. The molecule has 1 heterocycles. The Morgan fingerprint density at radius 1 is 1.03 bits per heavy atom. The van der Waals surface area contributed by atoms with E-state index in [1.165, 1.54) is 0 Å². The van der Waals surface area contributed by atoms with Crippen molar-refractivity contribution in [2.45, 2.75) is 0 Å². The lowest BCUT2D eigenvalue weighted by Crippen LogP contribution is -2.18. The second kappa shape index (κ2) is 7.90. The van der Waals surface area contributed by atoms with E-state index in [0.29, 0.717) is 0 Å². The summed E-state index contributed by atoms with van der Waals surface area (Å²) < 4.78 is 7.12. The number of phenols is 1. The molecule has 0 bridgehead atoms. The quantitative estimate of drug-likeness (QED) is 0.401. The van der Waals surface area contributed by atoms with E-state index in [-0.39, 0.29) is 11.3 Å². The molecule has 6 nitrogen and oxygen atoms in total. The van der Waals surface area contributed by atoms with E-state index in [0.717, 1.165) is 27.9 Å². The number of aromatic hydroxyl groups is 1. The van der Waals surface area contributed by atoms with Gasteiger partial charge in [0.1, 0.15) is 11.5 Å². The summed E-state index contributed by atoms with van der Waals surface area (Å²) in [5, 5.41) is 16.0. The smallest absolute Gasteiger partial charge is 0.275 e. The number of aromatic nitrogens is 1. The van der Waals surface area contributed by atoms with Crippen LogP contribution in [0.2, 0.25) is 0 Å². The summed E-state index contributed by atoms with van der Waals surface area (Å²) in [4.78, 5) is 12.5. The van der Waals surface area contributed by atoms with Crippen LogP contribution in [-0.2, 0) is 0 Å². The highest BCUT2D eigenvalue weighted by Crippen LogP contribution is 2.24. The number of carbonyl (C=O) groups excluding carboxylic acids is 1. The minimum Gasteiger partial charge on any atom is -0.507 e. The Labute approximate surface area is 167 Å². The molecule has 0 aliphatic heterocycles. The molecule has 0 atom stereocenters. The third kappa shape index (κ3) is 3.82. The predicted molar refractivity (Wildman–Crippen MR) is 113 cm³/mol. The van der Waals surface area contributed by atoms with Crippen molar-refractivity contribution in [2.75, 3.05) is 7.11 Å². The van der Waals surface area contributed by atoms with E-state index in [2.05, 4.69) is 10.5 Å². The van der Waals surface area contributed by atoms with Crippen LogP contribution in [-0.4, -0.2) is 28.9 Å². The van der Waals surface area contributed by atoms with E-state index in [1.807, 2.05) is 71.4 Å². The van der Waals surface area contributed by atoms with Gasteiger partial charge in [0, 0.05) is 11.9 Å². The Morgan fingerprint density at radius 3 is 2.48 bits per heavy atom. The van der Waals surface area contributed by atoms with E-state index >= 15 is 0 Å². The molecule has 0 aliphatic carbocycles. The first-order valence-corrected chi connectivity index (χ1v) is 9.02. The fraction of sp³-hybridized carbons (Fsp3) is 0.0435. The number of hydrogen-bond donors (Lipinski definition) is 2. The van der Waals surface area contributed by atoms with Crippen molar-refractivity contribution in [3.05, 3.63) is 90.3 Å². The summed E-state index contributed by atoms with van der Waals surface area (Å²) in [5.41, 5.74) is 4.38. The van der Waals surface area contributed by atoms with Crippen molar-refractivity contribution in [1.29, 1.82) is 0 Å². The van der Waals surface area contributed by atoms with Crippen LogP contribution in [0.25, 0.3) is 16.5 Å². The number of hydrogen-bond acceptors (Lipinski definition) is 4. The van der Waals surface area contributed by atoms with Gasteiger partial charge in [-0.15, -0.1) is 0 Å². The molecular formula is C23H19N3O3. The minimum absolute atomic E-state index is 0.0852. The molecule has 29 heavy (non-hydrogen) atoms. The molecule has 1 aromatic heterocycles. The van der Waals surface area contributed by atoms with Crippen LogP contribution >= 0.6 is 0 Å². The van der Waals surface area contributed by atoms with Gasteiger partial charge in [-0.05, 0) is 59.3 Å². The Balaban J connectivity index is 1.52. The summed E-state index contributed by atoms with van der Waals surface area (Å²) >= 11 is 0. The molecule has 0 saturated carbocycles. The molecule has 2 N–H and O–H groups in total. The molecule has 4 aromatic rings. The predicted octanol–water partition coefficient (Wildman–Crippen LogP) is 4.11. The van der Waals surface area contributed by atoms with Crippen LogP contribution < -0.4 is 10.2 Å². The fourth-order valence-corrected chi connectivity index (χ4v) is 3.10. The van der Waals surface area contributed by atoms with Crippen molar-refractivity contribution in [3.63, 3.8) is 0 Å². The molecule has 0 aliphatic rings. The molecule has 1 amide bonds. The van der Waals surface area contributed by atoms with Crippen LogP contribution in [0, 0.1) is 0 Å². The highest BCUT2D eigenvalue weighted by atomic mass is 16.5. The van der Waals surface area contributed by atoms with E-state index in [1.54, 1.807) is 25.5 Å². The van der Waals surface area contributed by atoms with Crippen molar-refractivity contribution in [2.24, 2.45) is 5.10 Å². The number of carbonyl (C=O) groups is 1. The zero-order chi connectivity index (χ0) is 20.2. The number of hydrazone groups is 1. The number of nitrogens with one attached hydrogen (secondary N) is 1. The van der Waals surface area contributed by atoms with E-state index in [9.17, 15) is 9.90 Å². The van der Waals surface area contributed by atoms with Gasteiger partial charge in [-0.3, -0.25) is 4.79 Å². The van der Waals surface area contributed by atoms with Gasteiger partial charge in [-0.2, -0.15) is 5.10 Å². The molecule has 0 spiro atoms. The van der Waals surface area contributed by atoms with Crippen LogP contribution in [0.5, 0.6) is 11.5 Å². The highest BCUT2D eigenvalue weighted by Gasteiger charge is 2.12. The van der Waals surface area contributed by atoms with Crippen molar-refractivity contribution >= 4 is 22.9 Å². The molecule has 0 saturated heterocycles. The maximum absolute atomic E-state index is 12.5. The van der Waals surface area contributed by atoms with Crippen molar-refractivity contribution in [3.8, 4) is 17.2 Å². The molecule has 144 valence electrons. The Bertz CT molecular complexity index is 1190. The number of ether oxygens (including phenoxy) is 1. The van der Waals surface area contributed by atoms with Gasteiger partial charge in [0.05, 0.1) is 24.6 Å². The zero-order valence-electron chi connectivity index (χ0n) is 15.7. The number of nitrogens with zero attached hydrogens (tertiary/aromatic N) is 2. The van der Waals surface area contributed by atoms with Gasteiger partial charge >= 0.3 is 0 Å². The van der Waals surface area contributed by atoms with Gasteiger partial charge in [0.2, 0.25) is 0 Å². The third-order valence-electron chi connectivity index (χ3n) is 4.60. The second-order valence-electron chi connectivity index (χ2n) is 6.42. The molecule has 0 unspecified atom stereocenters. The second-order valence-corrected chi connectivity index (χ2v) is 6.42. The Kier molecular flexibility index (Phi) is 4.99. The SMILES string of the molecule is COc1ccc(-n2cccc2C=NNC(=O)c2cc3ccccc3cc2O)cc1. The summed E-state index contributed by atoms with van der Waals surface area (Å²) in [6.07, 6.45) is 3.46. The molecule has 0 radical (unpaired) electrons. The van der Waals surface area contributed by atoms with Crippen LogP contribution in [0.4, 0.5) is 0 Å². The van der Waals surface area contributed by atoms with Crippen LogP contribution in [0.15, 0.2) is 84.1 Å². The molecular weight excluding hydrogens is 366 g/mol. The Morgan fingerprint density at radius 2 is 1.76 bits per heavy atom. The topological polar surface area (TPSA) is 75.8 Å². The lowest BCUT2D eigenvalue weighted by atomic mass is 10.1. The fourth-order valence-electron chi connectivity index (χ4n) is 3.10. The third-order valence-corrected chi connectivity index (χ3v) is 4.60. The van der Waals surface area contributed by atoms with Gasteiger partial charge < -0.3 is 14.4 Å². The van der Waals surface area contributed by atoms with Crippen LogP contribution in [0.3, 0.4) is 0 Å². The first-order chi connectivity index (χ1) is 14.2. The molecule has 0 fully saturated rings.